The lowest BCUT2D eigenvalue weighted by Crippen LogP contribution is -2.19. The molecule has 10 heteroatoms. The number of carbonyl (C=O) groups is 1. The maximum Gasteiger partial charge on any atom is 0.250 e. The van der Waals surface area contributed by atoms with Gasteiger partial charge in [-0.15, -0.1) is 10.2 Å². The highest BCUT2D eigenvalue weighted by Gasteiger charge is 2.14. The van der Waals surface area contributed by atoms with Gasteiger partial charge in [0.25, 0.3) is 5.91 Å². The highest BCUT2D eigenvalue weighted by molar-refractivity contribution is 9.10. The van der Waals surface area contributed by atoms with Crippen molar-refractivity contribution in [2.45, 2.75) is 5.16 Å². The van der Waals surface area contributed by atoms with E-state index in [9.17, 15) is 4.79 Å². The van der Waals surface area contributed by atoms with Gasteiger partial charge in [-0.2, -0.15) is 5.10 Å². The van der Waals surface area contributed by atoms with Crippen LogP contribution in [-0.4, -0.2) is 39.4 Å². The van der Waals surface area contributed by atoms with Gasteiger partial charge < -0.3 is 14.0 Å². The minimum Gasteiger partial charge on any atom is -0.454 e. The molecule has 1 amide bonds. The summed E-state index contributed by atoms with van der Waals surface area (Å²) in [6, 6.07) is 13.3. The van der Waals surface area contributed by atoms with Crippen LogP contribution in [0.15, 0.2) is 57.2 Å². The first-order valence-electron chi connectivity index (χ1n) is 8.60. The largest absolute Gasteiger partial charge is 0.454 e. The molecule has 0 bridgehead atoms. The Kier molecular flexibility index (Phi) is 5.81. The lowest BCUT2D eigenvalue weighted by Gasteiger charge is -2.04. The van der Waals surface area contributed by atoms with Crippen molar-refractivity contribution < 1.29 is 14.3 Å². The summed E-state index contributed by atoms with van der Waals surface area (Å²) in [5.74, 6) is 2.03. The van der Waals surface area contributed by atoms with Gasteiger partial charge in [0.15, 0.2) is 22.5 Å². The van der Waals surface area contributed by atoms with E-state index in [1.54, 1.807) is 18.3 Å². The monoisotopic (exact) mass is 473 g/mol. The van der Waals surface area contributed by atoms with E-state index in [0.717, 1.165) is 21.4 Å². The SMILES string of the molecule is Cn1c(SCC(=O)N/N=C\c2ccc3c(c2)OCO3)nnc1-c1cccc(Br)c1. The van der Waals surface area contributed by atoms with Crippen molar-refractivity contribution in [3.8, 4) is 22.9 Å². The molecule has 148 valence electrons. The summed E-state index contributed by atoms with van der Waals surface area (Å²) < 4.78 is 13.4. The van der Waals surface area contributed by atoms with Crippen molar-refractivity contribution in [3.63, 3.8) is 0 Å². The number of benzene rings is 2. The molecule has 8 nitrogen and oxygen atoms in total. The van der Waals surface area contributed by atoms with Gasteiger partial charge >= 0.3 is 0 Å². The number of nitrogens with one attached hydrogen (secondary N) is 1. The minimum atomic E-state index is -0.237. The van der Waals surface area contributed by atoms with E-state index in [1.165, 1.54) is 11.8 Å². The highest BCUT2D eigenvalue weighted by atomic mass is 79.9. The number of carbonyl (C=O) groups excluding carboxylic acids is 1. The minimum absolute atomic E-state index is 0.170. The number of fused-ring (bicyclic) bond motifs is 1. The topological polar surface area (TPSA) is 90.6 Å². The number of hydrazone groups is 1. The number of hydrogen-bond donors (Lipinski definition) is 1. The summed E-state index contributed by atoms with van der Waals surface area (Å²) in [6.45, 7) is 0.217. The van der Waals surface area contributed by atoms with Crippen molar-refractivity contribution in [1.29, 1.82) is 0 Å². The molecule has 1 aliphatic rings. The van der Waals surface area contributed by atoms with Gasteiger partial charge in [-0.05, 0) is 35.9 Å². The molecule has 3 aromatic rings. The second-order valence-electron chi connectivity index (χ2n) is 6.07. The fourth-order valence-corrected chi connectivity index (χ4v) is 3.76. The number of aromatic nitrogens is 3. The molecule has 2 aromatic carbocycles. The summed E-state index contributed by atoms with van der Waals surface area (Å²) in [5.41, 5.74) is 4.25. The first-order chi connectivity index (χ1) is 14.1. The Bertz CT molecular complexity index is 1090. The van der Waals surface area contributed by atoms with E-state index < -0.39 is 0 Å². The van der Waals surface area contributed by atoms with Gasteiger partial charge in [-0.1, -0.05) is 39.8 Å². The Morgan fingerprint density at radius 2 is 2.14 bits per heavy atom. The van der Waals surface area contributed by atoms with Gasteiger partial charge in [0.1, 0.15) is 0 Å². The molecule has 2 heterocycles. The predicted molar refractivity (Wildman–Crippen MR) is 113 cm³/mol. The van der Waals surface area contributed by atoms with E-state index in [0.29, 0.717) is 16.7 Å². The lowest BCUT2D eigenvalue weighted by molar-refractivity contribution is -0.118. The zero-order valence-electron chi connectivity index (χ0n) is 15.3. The number of hydrogen-bond acceptors (Lipinski definition) is 7. The molecule has 0 radical (unpaired) electrons. The maximum atomic E-state index is 12.1. The Morgan fingerprint density at radius 1 is 1.28 bits per heavy atom. The summed E-state index contributed by atoms with van der Waals surface area (Å²) in [7, 11) is 1.87. The number of nitrogens with zero attached hydrogens (tertiary/aromatic N) is 4. The lowest BCUT2D eigenvalue weighted by atomic mass is 10.2. The highest BCUT2D eigenvalue weighted by Crippen LogP contribution is 2.32. The molecule has 1 N–H and O–H groups in total. The molecule has 4 rings (SSSR count). The fourth-order valence-electron chi connectivity index (χ4n) is 2.65. The summed E-state index contributed by atoms with van der Waals surface area (Å²) >= 11 is 4.75. The smallest absolute Gasteiger partial charge is 0.250 e. The van der Waals surface area contributed by atoms with Crippen molar-refractivity contribution >= 4 is 39.8 Å². The van der Waals surface area contributed by atoms with Gasteiger partial charge in [-0.25, -0.2) is 5.43 Å². The van der Waals surface area contributed by atoms with Gasteiger partial charge in [-0.3, -0.25) is 4.79 Å². The number of thioether (sulfide) groups is 1. The van der Waals surface area contributed by atoms with Crippen LogP contribution in [0.25, 0.3) is 11.4 Å². The van der Waals surface area contributed by atoms with E-state index in [-0.39, 0.29) is 18.5 Å². The van der Waals surface area contributed by atoms with Crippen molar-refractivity contribution in [2.24, 2.45) is 12.1 Å². The average molecular weight is 474 g/mol. The molecule has 1 aliphatic heterocycles. The molecular formula is C19H16BrN5O3S. The maximum absolute atomic E-state index is 12.1. The molecule has 29 heavy (non-hydrogen) atoms. The van der Waals surface area contributed by atoms with Crippen molar-refractivity contribution in [2.75, 3.05) is 12.5 Å². The van der Waals surface area contributed by atoms with Crippen molar-refractivity contribution in [3.05, 3.63) is 52.5 Å². The summed E-state index contributed by atoms with van der Waals surface area (Å²) in [6.07, 6.45) is 1.55. The number of halogens is 1. The fraction of sp³-hybridized carbons (Fsp3) is 0.158. The molecule has 1 aromatic heterocycles. The Balaban J connectivity index is 1.32. The zero-order valence-corrected chi connectivity index (χ0v) is 17.7. The quantitative estimate of drug-likeness (QED) is 0.335. The average Bonchev–Trinajstić information content (AvgIpc) is 3.32. The standard InChI is InChI=1S/C19H16BrN5O3S/c1-25-18(13-3-2-4-14(20)8-13)23-24-19(25)29-10-17(26)22-21-9-12-5-6-15-16(7-12)28-11-27-15/h2-9H,10-11H2,1H3,(H,22,26)/b21-9-. The molecule has 0 spiro atoms. The Hall–Kier alpha value is -2.85. The Labute approximate surface area is 179 Å². The summed E-state index contributed by atoms with van der Waals surface area (Å²) in [4.78, 5) is 12.1. The van der Waals surface area contributed by atoms with Crippen LogP contribution in [0.2, 0.25) is 0 Å². The van der Waals surface area contributed by atoms with Crippen LogP contribution in [-0.2, 0) is 11.8 Å². The summed E-state index contributed by atoms with van der Waals surface area (Å²) in [5, 5.41) is 13.0. The van der Waals surface area contributed by atoms with Crippen LogP contribution in [0, 0.1) is 0 Å². The van der Waals surface area contributed by atoms with Crippen LogP contribution >= 0.6 is 27.7 Å². The third-order valence-corrected chi connectivity index (χ3v) is 5.56. The van der Waals surface area contributed by atoms with Gasteiger partial charge in [0.2, 0.25) is 6.79 Å². The molecule has 0 saturated heterocycles. The van der Waals surface area contributed by atoms with Crippen LogP contribution < -0.4 is 14.9 Å². The van der Waals surface area contributed by atoms with Crippen molar-refractivity contribution in [1.82, 2.24) is 20.2 Å². The predicted octanol–water partition coefficient (Wildman–Crippen LogP) is 3.22. The van der Waals surface area contributed by atoms with Crippen LogP contribution in [0.1, 0.15) is 5.56 Å². The van der Waals surface area contributed by atoms with Crippen LogP contribution in [0.4, 0.5) is 0 Å². The van der Waals surface area contributed by atoms with E-state index >= 15 is 0 Å². The number of ether oxygens (including phenoxy) is 2. The van der Waals surface area contributed by atoms with Crippen LogP contribution in [0.5, 0.6) is 11.5 Å². The molecule has 0 atom stereocenters. The van der Waals surface area contributed by atoms with Gasteiger partial charge in [0, 0.05) is 17.1 Å². The van der Waals surface area contributed by atoms with Gasteiger partial charge in [0.05, 0.1) is 12.0 Å². The molecular weight excluding hydrogens is 458 g/mol. The second-order valence-corrected chi connectivity index (χ2v) is 7.93. The third-order valence-electron chi connectivity index (χ3n) is 4.05. The zero-order chi connectivity index (χ0) is 20.2. The number of amides is 1. The first kappa shape index (κ1) is 19.5. The van der Waals surface area contributed by atoms with E-state index in [2.05, 4.69) is 36.7 Å². The molecule has 0 aliphatic carbocycles. The first-order valence-corrected chi connectivity index (χ1v) is 10.4. The third kappa shape index (κ3) is 4.60. The number of rotatable bonds is 6. The van der Waals surface area contributed by atoms with E-state index in [4.69, 9.17) is 9.47 Å². The second kappa shape index (κ2) is 8.66. The normalized spacial score (nSPS) is 12.5. The molecule has 0 saturated carbocycles. The Morgan fingerprint density at radius 3 is 3.00 bits per heavy atom. The van der Waals surface area contributed by atoms with Crippen LogP contribution in [0.3, 0.4) is 0 Å². The molecule has 0 fully saturated rings. The molecule has 0 unspecified atom stereocenters. The van der Waals surface area contributed by atoms with E-state index in [1.807, 2.05) is 41.9 Å².